The number of nitrogens with two attached hydrogens (primary N) is 1. The molecule has 1 saturated carbocycles. The fourth-order valence-corrected chi connectivity index (χ4v) is 10.2. The first-order valence-electron chi connectivity index (χ1n) is 16.0. The number of anilines is 2. The highest BCUT2D eigenvalue weighted by Crippen LogP contribution is 2.52. The molecule has 3 N–H and O–H groups in total. The molecule has 6 heterocycles. The summed E-state index contributed by atoms with van der Waals surface area (Å²) in [6, 6.07) is 5.21. The molecule has 1 aliphatic carbocycles. The van der Waals surface area contributed by atoms with Crippen LogP contribution in [0.3, 0.4) is 0 Å². The summed E-state index contributed by atoms with van der Waals surface area (Å²) < 4.78 is 59.5. The van der Waals surface area contributed by atoms with E-state index in [1.54, 1.807) is 0 Å². The number of nitrogens with zero attached hydrogens (tertiary/aromatic N) is 5. The largest absolute Gasteiger partial charge is 0.489 e. The van der Waals surface area contributed by atoms with E-state index in [9.17, 15) is 14.0 Å². The van der Waals surface area contributed by atoms with Gasteiger partial charge < -0.3 is 25.4 Å². The molecule has 0 spiro atoms. The molecule has 5 aliphatic rings. The zero-order valence-electron chi connectivity index (χ0n) is 25.3. The maximum absolute atomic E-state index is 17.2. The first-order chi connectivity index (χ1) is 22.8. The van der Waals surface area contributed by atoms with Gasteiger partial charge in [-0.2, -0.15) is 15.2 Å². The van der Waals surface area contributed by atoms with Crippen LogP contribution in [0, 0.1) is 28.9 Å². The van der Waals surface area contributed by atoms with Gasteiger partial charge in [-0.3, -0.25) is 4.90 Å². The standard InChI is InChI=1S/C33H31ClF3N7O2S/c34-25-23(18-2-3-20(36)29-22(18)19(11-38)30(39)47-29)26(37)27-24-28(25)45-7-6-44(21-9-17-8-15(21)12-40-17)31(24)42-32(41-27)46-14-33-4-1-5-43(33)13-16(35)10-33/h2-3,15-17,21,40H,1,4-10,12-14,39H2/t15?,16-,17?,21?,33?/m1/s1. The van der Waals surface area contributed by atoms with Crippen molar-refractivity contribution in [2.24, 2.45) is 5.92 Å². The molecule has 0 amide bonds. The van der Waals surface area contributed by atoms with Gasteiger partial charge in [0.2, 0.25) is 0 Å². The molecule has 4 unspecified atom stereocenters. The number of nitriles is 1. The van der Waals surface area contributed by atoms with Crippen molar-refractivity contribution in [2.45, 2.75) is 55.9 Å². The zero-order chi connectivity index (χ0) is 32.2. The van der Waals surface area contributed by atoms with Gasteiger partial charge in [0.05, 0.1) is 32.8 Å². The van der Waals surface area contributed by atoms with Gasteiger partial charge in [0.25, 0.3) is 0 Å². The SMILES string of the molecule is N#Cc1c(N)sc2c(F)ccc(-c3c(Cl)c4c5c(nc(OCC67CCCN6C[C@H](F)C7)nc5c3F)N(C3CC5CC3CN5)CCO4)c12. The predicted octanol–water partition coefficient (Wildman–Crippen LogP) is 5.80. The predicted molar refractivity (Wildman–Crippen MR) is 174 cm³/mol. The molecule has 3 saturated heterocycles. The topological polar surface area (TPSA) is 113 Å². The minimum absolute atomic E-state index is 0.0101. The number of piperidine rings is 1. The Bertz CT molecular complexity index is 2020. The zero-order valence-corrected chi connectivity index (χ0v) is 26.9. The number of nitrogens with one attached hydrogen (secondary N) is 1. The number of aromatic nitrogens is 2. The molecule has 2 aromatic heterocycles. The second-order valence-corrected chi connectivity index (χ2v) is 14.9. The first kappa shape index (κ1) is 29.6. The molecular formula is C33H31ClF3N7O2S. The van der Waals surface area contributed by atoms with Gasteiger partial charge in [-0.25, -0.2) is 13.2 Å². The van der Waals surface area contributed by atoms with Crippen molar-refractivity contribution >= 4 is 54.7 Å². The third-order valence-corrected chi connectivity index (χ3v) is 12.3. The van der Waals surface area contributed by atoms with Crippen molar-refractivity contribution < 1.29 is 22.6 Å². The van der Waals surface area contributed by atoms with Crippen LogP contribution in [0.2, 0.25) is 5.02 Å². The van der Waals surface area contributed by atoms with E-state index in [0.717, 1.165) is 50.1 Å². The van der Waals surface area contributed by atoms with E-state index in [1.807, 2.05) is 6.07 Å². The Kier molecular flexibility index (Phi) is 6.74. The van der Waals surface area contributed by atoms with E-state index < -0.39 is 23.3 Å². The molecule has 0 radical (unpaired) electrons. The average molecular weight is 682 g/mol. The summed E-state index contributed by atoms with van der Waals surface area (Å²) in [5, 5.41) is 14.1. The van der Waals surface area contributed by atoms with Gasteiger partial charge in [0.1, 0.15) is 47.6 Å². The van der Waals surface area contributed by atoms with Crippen LogP contribution < -0.4 is 25.4 Å². The Balaban J connectivity index is 1.25. The smallest absolute Gasteiger partial charge is 0.319 e. The molecule has 14 heteroatoms. The lowest BCUT2D eigenvalue weighted by atomic mass is 9.95. The summed E-state index contributed by atoms with van der Waals surface area (Å²) in [7, 11) is 0. The van der Waals surface area contributed by atoms with Crippen molar-refractivity contribution in [1.82, 2.24) is 20.2 Å². The fraction of sp³-hybridized carbons (Fsp3) is 0.485. The molecule has 9 nitrogen and oxygen atoms in total. The summed E-state index contributed by atoms with van der Waals surface area (Å²) in [5.41, 5.74) is 5.79. The third-order valence-electron chi connectivity index (χ3n) is 10.9. The number of benzene rings is 2. The summed E-state index contributed by atoms with van der Waals surface area (Å²) in [5.74, 6) is -0.247. The number of rotatable bonds is 5. The van der Waals surface area contributed by atoms with Crippen LogP contribution in [-0.4, -0.2) is 78.1 Å². The van der Waals surface area contributed by atoms with Crippen LogP contribution in [0.4, 0.5) is 24.0 Å². The minimum atomic E-state index is -0.929. The van der Waals surface area contributed by atoms with E-state index in [2.05, 4.69) is 20.1 Å². The minimum Gasteiger partial charge on any atom is -0.489 e. The number of ether oxygens (including phenoxy) is 2. The van der Waals surface area contributed by atoms with Crippen LogP contribution in [0.25, 0.3) is 32.1 Å². The molecule has 4 aliphatic heterocycles. The Hall–Kier alpha value is -3.57. The summed E-state index contributed by atoms with van der Waals surface area (Å²) in [4.78, 5) is 13.9. The van der Waals surface area contributed by atoms with Gasteiger partial charge in [0.15, 0.2) is 11.6 Å². The Morgan fingerprint density at radius 1 is 1.23 bits per heavy atom. The Morgan fingerprint density at radius 2 is 2.11 bits per heavy atom. The van der Waals surface area contributed by atoms with Gasteiger partial charge in [0, 0.05) is 42.5 Å². The number of hydrogen-bond acceptors (Lipinski definition) is 10. The maximum atomic E-state index is 17.2. The number of halogens is 4. The van der Waals surface area contributed by atoms with Crippen molar-refractivity contribution in [3.63, 3.8) is 0 Å². The van der Waals surface area contributed by atoms with Crippen LogP contribution in [0.5, 0.6) is 11.8 Å². The number of thiophene rings is 1. The quantitative estimate of drug-likeness (QED) is 0.270. The van der Waals surface area contributed by atoms with E-state index in [0.29, 0.717) is 42.7 Å². The summed E-state index contributed by atoms with van der Waals surface area (Å²) in [6.07, 6.45) is 3.16. The molecular weight excluding hydrogens is 651 g/mol. The van der Waals surface area contributed by atoms with Gasteiger partial charge in [-0.1, -0.05) is 17.7 Å². The highest BCUT2D eigenvalue weighted by Gasteiger charge is 2.50. The van der Waals surface area contributed by atoms with Crippen molar-refractivity contribution in [3.8, 4) is 29.0 Å². The molecule has 47 heavy (non-hydrogen) atoms. The molecule has 4 fully saturated rings. The molecule has 2 aromatic carbocycles. The lowest BCUT2D eigenvalue weighted by molar-refractivity contribution is 0.107. The molecule has 5 atom stereocenters. The van der Waals surface area contributed by atoms with Crippen LogP contribution in [0.15, 0.2) is 12.1 Å². The van der Waals surface area contributed by atoms with Crippen LogP contribution in [0.1, 0.15) is 37.7 Å². The monoisotopic (exact) mass is 681 g/mol. The van der Waals surface area contributed by atoms with Gasteiger partial charge >= 0.3 is 6.01 Å². The van der Waals surface area contributed by atoms with E-state index >= 15 is 4.39 Å². The first-order valence-corrected chi connectivity index (χ1v) is 17.2. The summed E-state index contributed by atoms with van der Waals surface area (Å²) >= 11 is 7.98. The van der Waals surface area contributed by atoms with E-state index in [4.69, 9.17) is 31.8 Å². The highest BCUT2D eigenvalue weighted by atomic mass is 35.5. The number of alkyl halides is 1. The second kappa shape index (κ2) is 10.7. The van der Waals surface area contributed by atoms with Crippen LogP contribution >= 0.6 is 22.9 Å². The van der Waals surface area contributed by atoms with E-state index in [-0.39, 0.29) is 73.3 Å². The molecule has 4 aromatic rings. The lowest BCUT2D eigenvalue weighted by Gasteiger charge is -2.35. The number of nitrogen functional groups attached to an aromatic ring is 1. The lowest BCUT2D eigenvalue weighted by Crippen LogP contribution is -2.46. The average Bonchev–Trinajstić information content (AvgIpc) is 3.86. The number of hydrogen-bond donors (Lipinski definition) is 2. The molecule has 9 rings (SSSR count). The van der Waals surface area contributed by atoms with Gasteiger partial charge in [-0.05, 0) is 49.8 Å². The summed E-state index contributed by atoms with van der Waals surface area (Å²) in [6.45, 7) is 3.00. The normalized spacial score (nSPS) is 28.2. The van der Waals surface area contributed by atoms with Gasteiger partial charge in [-0.15, -0.1) is 11.3 Å². The Morgan fingerprint density at radius 3 is 2.89 bits per heavy atom. The fourth-order valence-electron chi connectivity index (χ4n) is 8.90. The third kappa shape index (κ3) is 4.34. The van der Waals surface area contributed by atoms with Crippen LogP contribution in [-0.2, 0) is 0 Å². The van der Waals surface area contributed by atoms with E-state index in [1.165, 1.54) is 12.1 Å². The molecule has 244 valence electrons. The molecule has 2 bridgehead atoms. The second-order valence-electron chi connectivity index (χ2n) is 13.4. The Labute approximate surface area is 277 Å². The highest BCUT2D eigenvalue weighted by molar-refractivity contribution is 7.23. The van der Waals surface area contributed by atoms with Crippen molar-refractivity contribution in [2.75, 3.05) is 50.0 Å². The van der Waals surface area contributed by atoms with Crippen molar-refractivity contribution in [1.29, 1.82) is 5.26 Å². The number of fused-ring (bicyclic) bond motifs is 4. The maximum Gasteiger partial charge on any atom is 0.319 e. The van der Waals surface area contributed by atoms with Crippen molar-refractivity contribution in [3.05, 3.63) is 34.4 Å².